The molecule has 1 heterocycles. The number of carbonyl (C=O) groups excluding carboxylic acids is 1. The van der Waals surface area contributed by atoms with Crippen LogP contribution in [0.2, 0.25) is 0 Å². The van der Waals surface area contributed by atoms with Crippen molar-refractivity contribution in [3.63, 3.8) is 0 Å². The maximum atomic E-state index is 12.1. The SMILES string of the molecule is CNS(=O)(=O)c1ccccc1N1CCN(CC(N)=O)CC1. The van der Waals surface area contributed by atoms with Crippen LogP contribution in [0.4, 0.5) is 5.69 Å². The number of nitrogens with one attached hydrogen (secondary N) is 1. The molecule has 0 radical (unpaired) electrons. The average Bonchev–Trinajstić information content (AvgIpc) is 2.47. The van der Waals surface area contributed by atoms with Gasteiger partial charge in [0, 0.05) is 26.2 Å². The molecule has 1 aromatic rings. The van der Waals surface area contributed by atoms with Crippen LogP contribution in [0.15, 0.2) is 29.2 Å². The highest BCUT2D eigenvalue weighted by molar-refractivity contribution is 7.89. The standard InChI is InChI=1S/C13H20N4O3S/c1-15-21(19,20)12-5-3-2-4-11(12)17-8-6-16(7-9-17)10-13(14)18/h2-5,15H,6-10H2,1H3,(H2,14,18). The Kier molecular flexibility index (Phi) is 4.81. The molecule has 1 saturated heterocycles. The van der Waals surface area contributed by atoms with E-state index in [-0.39, 0.29) is 17.3 Å². The van der Waals surface area contributed by atoms with Crippen LogP contribution in [0.1, 0.15) is 0 Å². The van der Waals surface area contributed by atoms with E-state index in [1.165, 1.54) is 7.05 Å². The van der Waals surface area contributed by atoms with Crippen molar-refractivity contribution in [1.82, 2.24) is 9.62 Å². The van der Waals surface area contributed by atoms with E-state index in [2.05, 4.69) is 4.72 Å². The molecule has 7 nitrogen and oxygen atoms in total. The van der Waals surface area contributed by atoms with E-state index in [1.807, 2.05) is 15.9 Å². The summed E-state index contributed by atoms with van der Waals surface area (Å²) in [6, 6.07) is 6.92. The first kappa shape index (κ1) is 15.7. The van der Waals surface area contributed by atoms with Gasteiger partial charge in [0.05, 0.1) is 12.2 Å². The highest BCUT2D eigenvalue weighted by Gasteiger charge is 2.23. The molecule has 1 amide bonds. The molecular formula is C13H20N4O3S. The number of rotatable bonds is 5. The second kappa shape index (κ2) is 6.42. The zero-order chi connectivity index (χ0) is 15.5. The largest absolute Gasteiger partial charge is 0.369 e. The average molecular weight is 312 g/mol. The lowest BCUT2D eigenvalue weighted by Gasteiger charge is -2.36. The number of sulfonamides is 1. The number of amides is 1. The Morgan fingerprint density at radius 2 is 1.86 bits per heavy atom. The van der Waals surface area contributed by atoms with E-state index >= 15 is 0 Å². The summed E-state index contributed by atoms with van der Waals surface area (Å²) in [5, 5.41) is 0. The minimum atomic E-state index is -3.49. The predicted octanol–water partition coefficient (Wildman–Crippen LogP) is -0.798. The van der Waals surface area contributed by atoms with Gasteiger partial charge in [-0.15, -0.1) is 0 Å². The van der Waals surface area contributed by atoms with Gasteiger partial charge < -0.3 is 10.6 Å². The Labute approximate surface area is 124 Å². The van der Waals surface area contributed by atoms with E-state index in [4.69, 9.17) is 5.73 Å². The number of anilines is 1. The summed E-state index contributed by atoms with van der Waals surface area (Å²) < 4.78 is 26.5. The smallest absolute Gasteiger partial charge is 0.242 e. The van der Waals surface area contributed by atoms with Gasteiger partial charge in [-0.1, -0.05) is 12.1 Å². The van der Waals surface area contributed by atoms with Gasteiger partial charge in [-0.25, -0.2) is 13.1 Å². The van der Waals surface area contributed by atoms with E-state index in [0.717, 1.165) is 0 Å². The molecule has 1 aliphatic heterocycles. The van der Waals surface area contributed by atoms with Gasteiger partial charge in [0.1, 0.15) is 4.90 Å². The molecule has 8 heteroatoms. The first-order valence-corrected chi connectivity index (χ1v) is 8.20. The molecule has 0 unspecified atom stereocenters. The number of nitrogens with zero attached hydrogens (tertiary/aromatic N) is 2. The van der Waals surface area contributed by atoms with Crippen LogP contribution in [-0.2, 0) is 14.8 Å². The number of carbonyl (C=O) groups is 1. The van der Waals surface area contributed by atoms with E-state index in [9.17, 15) is 13.2 Å². The fourth-order valence-electron chi connectivity index (χ4n) is 2.42. The lowest BCUT2D eigenvalue weighted by atomic mass is 10.2. The predicted molar refractivity (Wildman–Crippen MR) is 80.5 cm³/mol. The first-order valence-electron chi connectivity index (χ1n) is 6.72. The van der Waals surface area contributed by atoms with Crippen LogP contribution in [-0.4, -0.2) is 59.0 Å². The van der Waals surface area contributed by atoms with Crippen molar-refractivity contribution in [3.05, 3.63) is 24.3 Å². The number of hydrogen-bond acceptors (Lipinski definition) is 5. The Balaban J connectivity index is 2.16. The van der Waals surface area contributed by atoms with Gasteiger partial charge in [-0.05, 0) is 19.2 Å². The number of piperazine rings is 1. The molecule has 0 atom stereocenters. The van der Waals surface area contributed by atoms with E-state index in [0.29, 0.717) is 31.9 Å². The summed E-state index contributed by atoms with van der Waals surface area (Å²) in [5.74, 6) is -0.346. The first-order chi connectivity index (χ1) is 9.94. The second-order valence-corrected chi connectivity index (χ2v) is 6.76. The Bertz CT molecular complexity index is 610. The van der Waals surface area contributed by atoms with E-state index < -0.39 is 10.0 Å². The highest BCUT2D eigenvalue weighted by atomic mass is 32.2. The molecule has 21 heavy (non-hydrogen) atoms. The van der Waals surface area contributed by atoms with Crippen molar-refractivity contribution >= 4 is 21.6 Å². The summed E-state index contributed by atoms with van der Waals surface area (Å²) in [6.07, 6.45) is 0. The molecule has 2 rings (SSSR count). The lowest BCUT2D eigenvalue weighted by Crippen LogP contribution is -2.49. The lowest BCUT2D eigenvalue weighted by molar-refractivity contribution is -0.119. The molecule has 116 valence electrons. The topological polar surface area (TPSA) is 95.7 Å². The summed E-state index contributed by atoms with van der Waals surface area (Å²) in [6.45, 7) is 2.91. The highest BCUT2D eigenvalue weighted by Crippen LogP contribution is 2.25. The van der Waals surface area contributed by atoms with E-state index in [1.54, 1.807) is 18.2 Å². The van der Waals surface area contributed by atoms with Crippen molar-refractivity contribution in [2.45, 2.75) is 4.90 Å². The third kappa shape index (κ3) is 3.72. The maximum absolute atomic E-state index is 12.1. The number of para-hydroxylation sites is 1. The van der Waals surface area contributed by atoms with Crippen LogP contribution in [0.5, 0.6) is 0 Å². The number of benzene rings is 1. The molecule has 0 saturated carbocycles. The third-order valence-corrected chi connectivity index (χ3v) is 4.98. The molecule has 1 aromatic carbocycles. The summed E-state index contributed by atoms with van der Waals surface area (Å²) >= 11 is 0. The number of primary amides is 1. The fraction of sp³-hybridized carbons (Fsp3) is 0.462. The van der Waals surface area contributed by atoms with Crippen LogP contribution in [0.3, 0.4) is 0 Å². The molecule has 0 aliphatic carbocycles. The summed E-state index contributed by atoms with van der Waals surface area (Å²) in [5.41, 5.74) is 5.87. The van der Waals surface area contributed by atoms with Gasteiger partial charge >= 0.3 is 0 Å². The quantitative estimate of drug-likeness (QED) is 0.742. The fourth-order valence-corrected chi connectivity index (χ4v) is 3.37. The van der Waals surface area contributed by atoms with Crippen LogP contribution in [0, 0.1) is 0 Å². The molecule has 1 fully saturated rings. The minimum absolute atomic E-state index is 0.240. The molecule has 0 aromatic heterocycles. The zero-order valence-electron chi connectivity index (χ0n) is 11.9. The summed E-state index contributed by atoms with van der Waals surface area (Å²) in [4.78, 5) is 15.2. The number of hydrogen-bond donors (Lipinski definition) is 2. The Morgan fingerprint density at radius 1 is 1.24 bits per heavy atom. The van der Waals surface area contributed by atoms with Crippen LogP contribution < -0.4 is 15.4 Å². The van der Waals surface area contributed by atoms with Crippen molar-refractivity contribution < 1.29 is 13.2 Å². The molecule has 3 N–H and O–H groups in total. The Morgan fingerprint density at radius 3 is 2.43 bits per heavy atom. The normalized spacial score (nSPS) is 16.9. The number of nitrogens with two attached hydrogens (primary N) is 1. The van der Waals surface area contributed by atoms with Crippen molar-refractivity contribution in [2.75, 3.05) is 44.7 Å². The monoisotopic (exact) mass is 312 g/mol. The van der Waals surface area contributed by atoms with Crippen LogP contribution in [0.25, 0.3) is 0 Å². The van der Waals surface area contributed by atoms with Gasteiger partial charge in [0.2, 0.25) is 15.9 Å². The van der Waals surface area contributed by atoms with Crippen molar-refractivity contribution in [2.24, 2.45) is 5.73 Å². The van der Waals surface area contributed by atoms with Gasteiger partial charge in [0.15, 0.2) is 0 Å². The Hall–Kier alpha value is -1.64. The summed E-state index contributed by atoms with van der Waals surface area (Å²) in [7, 11) is -2.09. The maximum Gasteiger partial charge on any atom is 0.242 e. The van der Waals surface area contributed by atoms with Crippen molar-refractivity contribution in [3.8, 4) is 0 Å². The van der Waals surface area contributed by atoms with Gasteiger partial charge in [0.25, 0.3) is 0 Å². The zero-order valence-corrected chi connectivity index (χ0v) is 12.8. The molecule has 1 aliphatic rings. The minimum Gasteiger partial charge on any atom is -0.369 e. The molecule has 0 bridgehead atoms. The molecular weight excluding hydrogens is 292 g/mol. The van der Waals surface area contributed by atoms with Gasteiger partial charge in [-0.3, -0.25) is 9.69 Å². The van der Waals surface area contributed by atoms with Gasteiger partial charge in [-0.2, -0.15) is 0 Å². The third-order valence-electron chi connectivity index (χ3n) is 3.52. The van der Waals surface area contributed by atoms with Crippen molar-refractivity contribution in [1.29, 1.82) is 0 Å². The van der Waals surface area contributed by atoms with Crippen LogP contribution >= 0.6 is 0 Å². The second-order valence-electron chi connectivity index (χ2n) is 4.90. The molecule has 0 spiro atoms.